The highest BCUT2D eigenvalue weighted by atomic mass is 79.9. The van der Waals surface area contributed by atoms with E-state index in [-0.39, 0.29) is 0 Å². The van der Waals surface area contributed by atoms with Crippen molar-refractivity contribution in [2.24, 2.45) is 7.05 Å². The van der Waals surface area contributed by atoms with Crippen molar-refractivity contribution < 1.29 is 5.11 Å². The van der Waals surface area contributed by atoms with Crippen molar-refractivity contribution in [3.8, 4) is 0 Å². The van der Waals surface area contributed by atoms with Crippen molar-refractivity contribution in [1.29, 1.82) is 0 Å². The van der Waals surface area contributed by atoms with Gasteiger partial charge >= 0.3 is 0 Å². The third kappa shape index (κ3) is 2.88. The number of aromatic nitrogens is 3. The smallest absolute Gasteiger partial charge is 0.195 e. The Hall–Kier alpha value is -0.850. The lowest BCUT2D eigenvalue weighted by Gasteiger charge is -2.09. The molecule has 1 aromatic carbocycles. The fourth-order valence-electron chi connectivity index (χ4n) is 1.38. The third-order valence-electron chi connectivity index (χ3n) is 2.30. The van der Waals surface area contributed by atoms with Crippen molar-refractivity contribution in [2.45, 2.75) is 23.1 Å². The van der Waals surface area contributed by atoms with Crippen LogP contribution >= 0.6 is 27.7 Å². The van der Waals surface area contributed by atoms with E-state index in [2.05, 4.69) is 26.1 Å². The molecule has 0 amide bonds. The molecule has 0 fully saturated rings. The van der Waals surface area contributed by atoms with Gasteiger partial charge in [0.25, 0.3) is 0 Å². The minimum atomic E-state index is -0.474. The number of halogens is 1. The van der Waals surface area contributed by atoms with Crippen LogP contribution in [-0.2, 0) is 7.05 Å². The molecule has 0 saturated carbocycles. The van der Waals surface area contributed by atoms with Crippen LogP contribution in [0.3, 0.4) is 0 Å². The Balaban J connectivity index is 2.24. The van der Waals surface area contributed by atoms with Gasteiger partial charge in [-0.2, -0.15) is 0 Å². The molecule has 0 unspecified atom stereocenters. The summed E-state index contributed by atoms with van der Waals surface area (Å²) in [4.78, 5) is 1.05. The van der Waals surface area contributed by atoms with Gasteiger partial charge in [-0.3, -0.25) is 0 Å². The second-order valence-electron chi connectivity index (χ2n) is 3.69. The Bertz CT molecular complexity index is 527. The Labute approximate surface area is 112 Å². The summed E-state index contributed by atoms with van der Waals surface area (Å²) in [7, 11) is 1.90. The van der Waals surface area contributed by atoms with Crippen LogP contribution < -0.4 is 0 Å². The van der Waals surface area contributed by atoms with E-state index in [1.54, 1.807) is 13.3 Å². The van der Waals surface area contributed by atoms with Crippen LogP contribution in [0.2, 0.25) is 0 Å². The van der Waals surface area contributed by atoms with E-state index in [9.17, 15) is 5.11 Å². The number of hydrogen-bond donors (Lipinski definition) is 1. The second kappa shape index (κ2) is 5.20. The van der Waals surface area contributed by atoms with Gasteiger partial charge in [-0.15, -0.1) is 10.2 Å². The lowest BCUT2D eigenvalue weighted by molar-refractivity contribution is 0.198. The van der Waals surface area contributed by atoms with Crippen LogP contribution in [0.5, 0.6) is 0 Å². The summed E-state index contributed by atoms with van der Waals surface area (Å²) in [5.41, 5.74) is 0.882. The molecule has 90 valence electrons. The Morgan fingerprint density at radius 2 is 2.24 bits per heavy atom. The maximum absolute atomic E-state index is 9.53. The van der Waals surface area contributed by atoms with Crippen LogP contribution in [0.4, 0.5) is 0 Å². The summed E-state index contributed by atoms with van der Waals surface area (Å²) >= 11 is 4.99. The molecule has 0 radical (unpaired) electrons. The Kier molecular flexibility index (Phi) is 3.86. The number of nitrogens with zero attached hydrogens (tertiary/aromatic N) is 3. The minimum absolute atomic E-state index is 0.474. The van der Waals surface area contributed by atoms with Gasteiger partial charge in [0, 0.05) is 16.4 Å². The molecule has 2 aromatic rings. The average molecular weight is 314 g/mol. The number of benzene rings is 1. The van der Waals surface area contributed by atoms with Gasteiger partial charge in [0.2, 0.25) is 0 Å². The molecule has 1 aromatic heterocycles. The standard InChI is InChI=1S/C11H12BrN3OS/c1-7(16)9-4-3-8(5-10(9)12)17-11-14-13-6-15(11)2/h3-7,16H,1-2H3/t7-/m1/s1. The lowest BCUT2D eigenvalue weighted by atomic mass is 10.1. The molecule has 1 N–H and O–H groups in total. The monoisotopic (exact) mass is 313 g/mol. The molecule has 1 heterocycles. The first-order valence-corrected chi connectivity index (χ1v) is 6.68. The molecule has 4 nitrogen and oxygen atoms in total. The van der Waals surface area contributed by atoms with Crippen LogP contribution in [0.15, 0.2) is 39.1 Å². The fourth-order valence-corrected chi connectivity index (χ4v) is 3.04. The zero-order valence-corrected chi connectivity index (χ0v) is 11.9. The van der Waals surface area contributed by atoms with Crippen molar-refractivity contribution in [1.82, 2.24) is 14.8 Å². The van der Waals surface area contributed by atoms with Crippen molar-refractivity contribution in [3.05, 3.63) is 34.6 Å². The maximum atomic E-state index is 9.53. The molecule has 0 aliphatic carbocycles. The molecule has 6 heteroatoms. The number of hydrogen-bond acceptors (Lipinski definition) is 4. The first-order chi connectivity index (χ1) is 8.08. The minimum Gasteiger partial charge on any atom is -0.389 e. The molecule has 0 aliphatic heterocycles. The first kappa shape index (κ1) is 12.6. The average Bonchev–Trinajstić information content (AvgIpc) is 2.64. The third-order valence-corrected chi connectivity index (χ3v) is 4.03. The van der Waals surface area contributed by atoms with Gasteiger partial charge in [-0.05, 0) is 36.4 Å². The van der Waals surface area contributed by atoms with Crippen LogP contribution in [0.1, 0.15) is 18.6 Å². The largest absolute Gasteiger partial charge is 0.389 e. The van der Waals surface area contributed by atoms with Gasteiger partial charge in [0.15, 0.2) is 5.16 Å². The van der Waals surface area contributed by atoms with Gasteiger partial charge < -0.3 is 9.67 Å². The van der Waals surface area contributed by atoms with E-state index < -0.39 is 6.10 Å². The topological polar surface area (TPSA) is 50.9 Å². The first-order valence-electron chi connectivity index (χ1n) is 5.07. The van der Waals surface area contributed by atoms with Gasteiger partial charge in [0.05, 0.1) is 6.10 Å². The quantitative estimate of drug-likeness (QED) is 0.946. The molecule has 17 heavy (non-hydrogen) atoms. The van der Waals surface area contributed by atoms with E-state index >= 15 is 0 Å². The number of rotatable bonds is 3. The summed E-state index contributed by atoms with van der Waals surface area (Å²) in [5, 5.41) is 18.2. The van der Waals surface area contributed by atoms with E-state index in [1.807, 2.05) is 29.8 Å². The van der Waals surface area contributed by atoms with Gasteiger partial charge in [0.1, 0.15) is 6.33 Å². The van der Waals surface area contributed by atoms with Crippen LogP contribution in [0.25, 0.3) is 0 Å². The molecule has 0 bridgehead atoms. The highest BCUT2D eigenvalue weighted by Crippen LogP contribution is 2.31. The summed E-state index contributed by atoms with van der Waals surface area (Å²) in [6.45, 7) is 1.75. The van der Waals surface area contributed by atoms with Gasteiger partial charge in [-0.25, -0.2) is 0 Å². The summed E-state index contributed by atoms with van der Waals surface area (Å²) in [6.07, 6.45) is 1.19. The second-order valence-corrected chi connectivity index (χ2v) is 5.58. The predicted molar refractivity (Wildman–Crippen MR) is 69.9 cm³/mol. The van der Waals surface area contributed by atoms with Crippen LogP contribution in [0, 0.1) is 0 Å². The van der Waals surface area contributed by atoms with E-state index in [0.29, 0.717) is 0 Å². The van der Waals surface area contributed by atoms with E-state index in [1.165, 1.54) is 11.8 Å². The van der Waals surface area contributed by atoms with Gasteiger partial charge in [-0.1, -0.05) is 22.0 Å². The highest BCUT2D eigenvalue weighted by Gasteiger charge is 2.09. The molecule has 0 aliphatic rings. The van der Waals surface area contributed by atoms with Crippen molar-refractivity contribution in [3.63, 3.8) is 0 Å². The zero-order chi connectivity index (χ0) is 12.4. The predicted octanol–water partition coefficient (Wildman–Crippen LogP) is 2.78. The molecule has 0 saturated heterocycles. The maximum Gasteiger partial charge on any atom is 0.195 e. The molecule has 1 atom stereocenters. The number of aliphatic hydroxyl groups is 1. The molecular weight excluding hydrogens is 302 g/mol. The summed E-state index contributed by atoms with van der Waals surface area (Å²) in [5.74, 6) is 0. The Morgan fingerprint density at radius 1 is 1.47 bits per heavy atom. The number of aliphatic hydroxyl groups excluding tert-OH is 1. The fraction of sp³-hybridized carbons (Fsp3) is 0.273. The summed E-state index contributed by atoms with van der Waals surface area (Å²) < 4.78 is 2.76. The molecule has 2 rings (SSSR count). The van der Waals surface area contributed by atoms with E-state index in [4.69, 9.17) is 0 Å². The zero-order valence-electron chi connectivity index (χ0n) is 9.46. The Morgan fingerprint density at radius 3 is 2.76 bits per heavy atom. The highest BCUT2D eigenvalue weighted by molar-refractivity contribution is 9.10. The van der Waals surface area contributed by atoms with Crippen molar-refractivity contribution in [2.75, 3.05) is 0 Å². The SMILES string of the molecule is C[C@@H](O)c1ccc(Sc2nncn2C)cc1Br. The van der Waals surface area contributed by atoms with Crippen molar-refractivity contribution >= 4 is 27.7 Å². The molecule has 0 spiro atoms. The normalized spacial score (nSPS) is 12.7. The number of aryl methyl sites for hydroxylation is 1. The van der Waals surface area contributed by atoms with Crippen LogP contribution in [-0.4, -0.2) is 19.9 Å². The van der Waals surface area contributed by atoms with E-state index in [0.717, 1.165) is 20.1 Å². The lowest BCUT2D eigenvalue weighted by Crippen LogP contribution is -1.93. The summed E-state index contributed by atoms with van der Waals surface area (Å²) in [6, 6.07) is 5.85. The molecular formula is C11H12BrN3OS.